The topological polar surface area (TPSA) is 89.5 Å². The van der Waals surface area contributed by atoms with Crippen LogP contribution in [0.1, 0.15) is 32.1 Å². The highest BCUT2D eigenvalue weighted by Crippen LogP contribution is 2.45. The number of piperidine rings is 1. The summed E-state index contributed by atoms with van der Waals surface area (Å²) >= 11 is 14.9. The molecule has 0 aliphatic carbocycles. The number of aliphatic carboxylic acids is 1. The van der Waals surface area contributed by atoms with Crippen molar-refractivity contribution >= 4 is 64.5 Å². The Kier molecular flexibility index (Phi) is 7.09. The Morgan fingerprint density at radius 3 is 2.63 bits per heavy atom. The van der Waals surface area contributed by atoms with E-state index in [-0.39, 0.29) is 17.4 Å². The van der Waals surface area contributed by atoms with E-state index in [1.54, 1.807) is 18.2 Å². The first-order valence-electron chi connectivity index (χ1n) is 11.8. The van der Waals surface area contributed by atoms with Gasteiger partial charge < -0.3 is 19.7 Å². The monoisotopic (exact) mass is 555 g/mol. The van der Waals surface area contributed by atoms with Crippen molar-refractivity contribution in [3.63, 3.8) is 0 Å². The van der Waals surface area contributed by atoms with E-state index in [1.165, 1.54) is 60.5 Å². The predicted molar refractivity (Wildman–Crippen MR) is 136 cm³/mol. The minimum atomic E-state index is -1.31. The average Bonchev–Trinajstić information content (AvgIpc) is 2.99. The van der Waals surface area contributed by atoms with Gasteiger partial charge in [0.1, 0.15) is 18.0 Å². The number of carboxylic acid groups (broad SMARTS) is 1. The van der Waals surface area contributed by atoms with Gasteiger partial charge in [-0.25, -0.2) is 0 Å². The molecule has 11 heteroatoms. The van der Waals surface area contributed by atoms with Gasteiger partial charge in [0.2, 0.25) is 5.91 Å². The number of quaternary nitrogens is 1. The molecule has 5 rings (SSSR count). The van der Waals surface area contributed by atoms with Crippen molar-refractivity contribution in [2.45, 2.75) is 60.5 Å². The minimum Gasteiger partial charge on any atom is -0.543 e. The van der Waals surface area contributed by atoms with Gasteiger partial charge >= 0.3 is 0 Å². The number of thioether (sulfide) groups is 2. The highest BCUT2D eigenvalue weighted by atomic mass is 35.5. The Bertz CT molecular complexity index is 1100. The maximum absolute atomic E-state index is 13.0. The molecule has 7 nitrogen and oxygen atoms in total. The molecule has 0 radical (unpaired) electrons. The Hall–Kier alpha value is -1.39. The Morgan fingerprint density at radius 2 is 1.94 bits per heavy atom. The normalized spacial score (nSPS) is 31.7. The summed E-state index contributed by atoms with van der Waals surface area (Å²) in [4.78, 5) is 39.7. The van der Waals surface area contributed by atoms with Crippen LogP contribution in [-0.4, -0.2) is 75.8 Å². The standard InChI is InChI=1S/C24H27Cl2N3O4S2/c1-29(15-3-2-4-16(29)7-6-15)10-13-11-35-23-20(22(31)28(23)21(13)24(32)33)27-19(30)12-34-18-9-14(25)5-8-17(18)26/h5,8-9,15-16,20,23H,2-4,6-7,10-12H2,1H3,(H-,27,30,32,33)/t15?,16?,20-,23-,29?/m1/s1. The summed E-state index contributed by atoms with van der Waals surface area (Å²) in [5.41, 5.74) is 0.783. The van der Waals surface area contributed by atoms with Crippen molar-refractivity contribution in [3.8, 4) is 0 Å². The van der Waals surface area contributed by atoms with Crippen molar-refractivity contribution in [1.82, 2.24) is 10.2 Å². The first-order valence-corrected chi connectivity index (χ1v) is 14.6. The molecule has 4 aliphatic heterocycles. The largest absolute Gasteiger partial charge is 0.543 e. The lowest BCUT2D eigenvalue weighted by Crippen LogP contribution is -2.71. The van der Waals surface area contributed by atoms with Crippen LogP contribution < -0.4 is 10.4 Å². The van der Waals surface area contributed by atoms with Gasteiger partial charge in [-0.05, 0) is 37.5 Å². The van der Waals surface area contributed by atoms with Crippen LogP contribution in [0.5, 0.6) is 0 Å². The van der Waals surface area contributed by atoms with Crippen molar-refractivity contribution in [2.24, 2.45) is 0 Å². The first kappa shape index (κ1) is 25.3. The van der Waals surface area contributed by atoms with E-state index in [0.717, 1.165) is 10.1 Å². The number of hydrogen-bond acceptors (Lipinski definition) is 6. The minimum absolute atomic E-state index is 0.00802. The molecular weight excluding hydrogens is 529 g/mol. The smallest absolute Gasteiger partial charge is 0.253 e. The second-order valence-corrected chi connectivity index (χ2v) is 12.8. The number of nitrogens with zero attached hydrogens (tertiary/aromatic N) is 2. The highest BCUT2D eigenvalue weighted by Gasteiger charge is 2.55. The van der Waals surface area contributed by atoms with Crippen LogP contribution in [0.25, 0.3) is 0 Å². The van der Waals surface area contributed by atoms with Crippen molar-refractivity contribution in [3.05, 3.63) is 39.5 Å². The van der Waals surface area contributed by atoms with Crippen molar-refractivity contribution < 1.29 is 24.0 Å². The summed E-state index contributed by atoms with van der Waals surface area (Å²) in [5.74, 6) is -1.45. The van der Waals surface area contributed by atoms with E-state index < -0.39 is 23.3 Å². The number of fused-ring (bicyclic) bond motifs is 3. The third kappa shape index (κ3) is 4.59. The summed E-state index contributed by atoms with van der Waals surface area (Å²) in [6, 6.07) is 5.37. The molecule has 0 spiro atoms. The fraction of sp³-hybridized carbons (Fsp3) is 0.542. The van der Waals surface area contributed by atoms with Crippen LogP contribution in [0.4, 0.5) is 0 Å². The fourth-order valence-corrected chi connectivity index (χ4v) is 8.79. The molecule has 1 aromatic rings. The lowest BCUT2D eigenvalue weighted by Gasteiger charge is -2.52. The molecule has 2 bridgehead atoms. The van der Waals surface area contributed by atoms with E-state index in [2.05, 4.69) is 12.4 Å². The second kappa shape index (κ2) is 9.82. The van der Waals surface area contributed by atoms with Crippen molar-refractivity contribution in [2.75, 3.05) is 25.1 Å². The molecule has 2 amide bonds. The van der Waals surface area contributed by atoms with E-state index in [4.69, 9.17) is 23.2 Å². The number of likely N-dealkylation sites (N-methyl/N-ethyl adjacent to an activating group) is 1. The summed E-state index contributed by atoms with van der Waals surface area (Å²) in [7, 11) is 2.24. The number of carboxylic acids is 1. The molecule has 1 N–H and O–H groups in total. The molecule has 188 valence electrons. The Morgan fingerprint density at radius 1 is 1.23 bits per heavy atom. The number of β-lactam (4-membered cyclic amide) rings is 1. The number of amides is 2. The molecule has 1 aromatic carbocycles. The molecule has 0 saturated carbocycles. The number of benzene rings is 1. The molecule has 2 unspecified atom stereocenters. The maximum Gasteiger partial charge on any atom is 0.253 e. The summed E-state index contributed by atoms with van der Waals surface area (Å²) in [6.45, 7) is 0.635. The van der Waals surface area contributed by atoms with Gasteiger partial charge in [0.25, 0.3) is 5.91 Å². The van der Waals surface area contributed by atoms with Gasteiger partial charge in [-0.1, -0.05) is 23.2 Å². The van der Waals surface area contributed by atoms with Gasteiger partial charge in [-0.15, -0.1) is 23.5 Å². The van der Waals surface area contributed by atoms with Gasteiger partial charge in [-0.3, -0.25) is 14.5 Å². The molecule has 4 aliphatic rings. The van der Waals surface area contributed by atoms with E-state index in [9.17, 15) is 19.5 Å². The lowest BCUT2D eigenvalue weighted by atomic mass is 9.97. The highest BCUT2D eigenvalue weighted by molar-refractivity contribution is 8.00. The summed E-state index contributed by atoms with van der Waals surface area (Å²) in [6.07, 6.45) is 5.94. The molecule has 3 fully saturated rings. The molecule has 0 aromatic heterocycles. The zero-order valence-electron chi connectivity index (χ0n) is 19.3. The zero-order chi connectivity index (χ0) is 24.9. The van der Waals surface area contributed by atoms with E-state index >= 15 is 0 Å². The zero-order valence-corrected chi connectivity index (χ0v) is 22.4. The van der Waals surface area contributed by atoms with Crippen molar-refractivity contribution in [1.29, 1.82) is 0 Å². The van der Waals surface area contributed by atoms with E-state index in [1.807, 2.05) is 0 Å². The maximum atomic E-state index is 13.0. The summed E-state index contributed by atoms with van der Waals surface area (Å²) < 4.78 is 0.864. The number of carbonyl (C=O) groups excluding carboxylic acids is 3. The molecular formula is C24H27Cl2N3O4S2. The second-order valence-electron chi connectivity index (χ2n) is 9.88. The third-order valence-electron chi connectivity index (χ3n) is 7.92. The van der Waals surface area contributed by atoms with Gasteiger partial charge in [0, 0.05) is 34.1 Å². The van der Waals surface area contributed by atoms with Gasteiger partial charge in [0.15, 0.2) is 0 Å². The summed E-state index contributed by atoms with van der Waals surface area (Å²) in [5, 5.41) is 15.5. The van der Waals surface area contributed by atoms with Crippen LogP contribution in [0, 0.1) is 0 Å². The Labute approximate surface area is 223 Å². The molecule has 3 saturated heterocycles. The van der Waals surface area contributed by atoms with Crippen LogP contribution in [-0.2, 0) is 14.4 Å². The van der Waals surface area contributed by atoms with E-state index in [0.29, 0.717) is 39.3 Å². The number of halogens is 2. The van der Waals surface area contributed by atoms with Crippen LogP contribution >= 0.6 is 46.7 Å². The van der Waals surface area contributed by atoms with Crippen LogP contribution in [0.3, 0.4) is 0 Å². The quantitative estimate of drug-likeness (QED) is 0.316. The lowest BCUT2D eigenvalue weighted by molar-refractivity contribution is -0.944. The number of carbonyl (C=O) groups is 3. The SMILES string of the molecule is C[N+]1(CC2=C(C(=O)[O-])N3C(=O)[C@@H](NC(=O)CSc4cc(Cl)ccc4Cl)[C@H]3SC2)C2CCCC1CC2. The number of nitrogens with one attached hydrogen (secondary N) is 1. The fourth-order valence-electron chi connectivity index (χ4n) is 6.15. The number of rotatable bonds is 7. The molecule has 35 heavy (non-hydrogen) atoms. The first-order chi connectivity index (χ1) is 16.7. The average molecular weight is 557 g/mol. The van der Waals surface area contributed by atoms with Crippen LogP contribution in [0.15, 0.2) is 34.4 Å². The molecule has 4 atom stereocenters. The number of hydrogen-bond donors (Lipinski definition) is 1. The van der Waals surface area contributed by atoms with Gasteiger partial charge in [0.05, 0.1) is 41.6 Å². The van der Waals surface area contributed by atoms with Crippen LogP contribution in [0.2, 0.25) is 10.0 Å². The Balaban J connectivity index is 1.26. The molecule has 4 heterocycles. The third-order valence-corrected chi connectivity index (χ3v) is 11.0. The van der Waals surface area contributed by atoms with Gasteiger partial charge in [-0.2, -0.15) is 0 Å². The predicted octanol–water partition coefficient (Wildman–Crippen LogP) is 2.65.